The van der Waals surface area contributed by atoms with Crippen molar-refractivity contribution in [2.75, 3.05) is 35.7 Å². The first-order valence-corrected chi connectivity index (χ1v) is 8.29. The number of rotatable bonds is 8. The fourth-order valence-corrected chi connectivity index (χ4v) is 2.05. The number of nitrogens with zero attached hydrogens (tertiary/aromatic N) is 2. The number of halogens is 3. The van der Waals surface area contributed by atoms with Crippen molar-refractivity contribution in [2.24, 2.45) is 0 Å². The van der Waals surface area contributed by atoms with Gasteiger partial charge in [0.15, 0.2) is 0 Å². The Morgan fingerprint density at radius 3 is 2.24 bits per heavy atom. The Bertz CT molecular complexity index is 482. The van der Waals surface area contributed by atoms with Crippen molar-refractivity contribution < 1.29 is 17.4 Å². The Balaban J connectivity index is 2.78. The maximum Gasteiger partial charge on any atom is 0.451 e. The highest BCUT2D eigenvalue weighted by Gasteiger charge is 2.35. The molecule has 0 saturated heterocycles. The summed E-state index contributed by atoms with van der Waals surface area (Å²) in [7, 11) is -0.916. The minimum absolute atomic E-state index is 0.109. The van der Waals surface area contributed by atoms with Crippen molar-refractivity contribution in [3.8, 4) is 0 Å². The van der Waals surface area contributed by atoms with Gasteiger partial charge >= 0.3 is 6.18 Å². The standard InChI is InChI=1S/C12H19F3N4OS/c1-3-5-16-9-8-10(17-6-4-7-21(2)20)19-11(18-9)12(13,14)15/h8H,3-7H2,1-2H3,(H2,16,17,18,19). The highest BCUT2D eigenvalue weighted by molar-refractivity contribution is 7.84. The number of anilines is 2. The molecule has 0 aliphatic heterocycles. The average Bonchev–Trinajstić information content (AvgIpc) is 2.40. The Morgan fingerprint density at radius 2 is 1.76 bits per heavy atom. The van der Waals surface area contributed by atoms with Gasteiger partial charge in [-0.2, -0.15) is 13.2 Å². The molecule has 1 atom stereocenters. The molecule has 5 nitrogen and oxygen atoms in total. The first kappa shape index (κ1) is 17.7. The summed E-state index contributed by atoms with van der Waals surface area (Å²) in [4.78, 5) is 6.93. The molecule has 0 amide bonds. The quantitative estimate of drug-likeness (QED) is 0.719. The zero-order valence-electron chi connectivity index (χ0n) is 12.0. The highest BCUT2D eigenvalue weighted by Crippen LogP contribution is 2.28. The van der Waals surface area contributed by atoms with Gasteiger partial charge in [0.25, 0.3) is 0 Å². The van der Waals surface area contributed by atoms with Crippen molar-refractivity contribution in [3.63, 3.8) is 0 Å². The molecule has 1 heterocycles. The van der Waals surface area contributed by atoms with E-state index in [-0.39, 0.29) is 11.6 Å². The van der Waals surface area contributed by atoms with E-state index < -0.39 is 22.8 Å². The molecule has 0 spiro atoms. The van der Waals surface area contributed by atoms with E-state index in [0.29, 0.717) is 25.3 Å². The van der Waals surface area contributed by atoms with Crippen LogP contribution in [-0.4, -0.2) is 39.3 Å². The molecular formula is C12H19F3N4OS. The molecule has 2 N–H and O–H groups in total. The van der Waals surface area contributed by atoms with Crippen LogP contribution >= 0.6 is 0 Å². The molecule has 21 heavy (non-hydrogen) atoms. The number of hydrogen-bond acceptors (Lipinski definition) is 5. The van der Waals surface area contributed by atoms with Crippen molar-refractivity contribution in [1.29, 1.82) is 0 Å². The molecule has 120 valence electrons. The third-order valence-corrected chi connectivity index (χ3v) is 3.31. The van der Waals surface area contributed by atoms with E-state index in [1.807, 2.05) is 6.92 Å². The highest BCUT2D eigenvalue weighted by atomic mass is 32.2. The van der Waals surface area contributed by atoms with E-state index in [1.54, 1.807) is 6.26 Å². The molecule has 0 aliphatic carbocycles. The number of nitrogens with one attached hydrogen (secondary N) is 2. The molecule has 0 bridgehead atoms. The van der Waals surface area contributed by atoms with Crippen molar-refractivity contribution in [1.82, 2.24) is 9.97 Å². The first-order chi connectivity index (χ1) is 9.82. The van der Waals surface area contributed by atoms with E-state index >= 15 is 0 Å². The molecule has 1 aromatic rings. The van der Waals surface area contributed by atoms with Crippen molar-refractivity contribution >= 4 is 22.4 Å². The zero-order valence-corrected chi connectivity index (χ0v) is 12.8. The summed E-state index contributed by atoms with van der Waals surface area (Å²) in [5.41, 5.74) is 0. The van der Waals surface area contributed by atoms with Crippen LogP contribution in [0, 0.1) is 0 Å². The smallest absolute Gasteiger partial charge is 0.370 e. The fraction of sp³-hybridized carbons (Fsp3) is 0.667. The van der Waals surface area contributed by atoms with Gasteiger partial charge in [0, 0.05) is 42.0 Å². The van der Waals surface area contributed by atoms with E-state index in [1.165, 1.54) is 6.07 Å². The van der Waals surface area contributed by atoms with Gasteiger partial charge in [-0.3, -0.25) is 4.21 Å². The SMILES string of the molecule is CCCNc1cc(NCCCS(C)=O)nc(C(F)(F)F)n1. The van der Waals surface area contributed by atoms with Crippen LogP contribution in [0.5, 0.6) is 0 Å². The van der Waals surface area contributed by atoms with Gasteiger partial charge < -0.3 is 10.6 Å². The molecule has 0 aromatic carbocycles. The van der Waals surface area contributed by atoms with Crippen LogP contribution in [0.2, 0.25) is 0 Å². The summed E-state index contributed by atoms with van der Waals surface area (Å²) >= 11 is 0. The molecule has 0 radical (unpaired) electrons. The molecule has 0 aliphatic rings. The molecular weight excluding hydrogens is 305 g/mol. The summed E-state index contributed by atoms with van der Waals surface area (Å²) in [6.45, 7) is 2.84. The fourth-order valence-electron chi connectivity index (χ4n) is 1.50. The number of aromatic nitrogens is 2. The zero-order chi connectivity index (χ0) is 15.9. The summed E-state index contributed by atoms with van der Waals surface area (Å²) in [6.07, 6.45) is -1.65. The second-order valence-corrected chi connectivity index (χ2v) is 6.00. The van der Waals surface area contributed by atoms with Gasteiger partial charge in [-0.05, 0) is 12.8 Å². The van der Waals surface area contributed by atoms with E-state index in [9.17, 15) is 17.4 Å². The van der Waals surface area contributed by atoms with E-state index in [4.69, 9.17) is 0 Å². The Hall–Kier alpha value is -1.38. The van der Waals surface area contributed by atoms with Crippen LogP contribution in [0.15, 0.2) is 6.07 Å². The van der Waals surface area contributed by atoms with Crippen LogP contribution in [0.3, 0.4) is 0 Å². The minimum Gasteiger partial charge on any atom is -0.370 e. The van der Waals surface area contributed by atoms with Crippen molar-refractivity contribution in [3.05, 3.63) is 11.9 Å². The minimum atomic E-state index is -4.59. The van der Waals surface area contributed by atoms with Crippen molar-refractivity contribution in [2.45, 2.75) is 25.9 Å². The third kappa shape index (κ3) is 6.74. The molecule has 1 aromatic heterocycles. The van der Waals surface area contributed by atoms with Gasteiger partial charge in [0.2, 0.25) is 5.82 Å². The Labute approximate surface area is 124 Å². The predicted molar refractivity (Wildman–Crippen MR) is 77.9 cm³/mol. The van der Waals surface area contributed by atoms with Crippen LogP contribution in [-0.2, 0) is 17.0 Å². The monoisotopic (exact) mass is 324 g/mol. The second kappa shape index (κ2) is 8.16. The molecule has 1 rings (SSSR count). The van der Waals surface area contributed by atoms with Gasteiger partial charge in [0.05, 0.1) is 0 Å². The summed E-state index contributed by atoms with van der Waals surface area (Å²) in [5, 5.41) is 5.62. The second-order valence-electron chi connectivity index (χ2n) is 4.44. The maximum absolute atomic E-state index is 12.7. The van der Waals surface area contributed by atoms with Gasteiger partial charge in [-0.25, -0.2) is 9.97 Å². The van der Waals surface area contributed by atoms with Crippen LogP contribution in [0.25, 0.3) is 0 Å². The van der Waals surface area contributed by atoms with Crippen LogP contribution in [0.1, 0.15) is 25.6 Å². The lowest BCUT2D eigenvalue weighted by atomic mass is 10.4. The maximum atomic E-state index is 12.7. The molecule has 0 saturated carbocycles. The largest absolute Gasteiger partial charge is 0.451 e. The van der Waals surface area contributed by atoms with Crippen LogP contribution in [0.4, 0.5) is 24.8 Å². The average molecular weight is 324 g/mol. The molecule has 9 heteroatoms. The van der Waals surface area contributed by atoms with Crippen LogP contribution < -0.4 is 10.6 Å². The summed E-state index contributed by atoms with van der Waals surface area (Å²) in [6, 6.07) is 1.44. The third-order valence-electron chi connectivity index (χ3n) is 2.45. The lowest BCUT2D eigenvalue weighted by molar-refractivity contribution is -0.144. The van der Waals surface area contributed by atoms with Gasteiger partial charge in [-0.1, -0.05) is 6.92 Å². The van der Waals surface area contributed by atoms with Gasteiger partial charge in [-0.15, -0.1) is 0 Å². The lowest BCUT2D eigenvalue weighted by Crippen LogP contribution is -2.16. The van der Waals surface area contributed by atoms with E-state index in [2.05, 4.69) is 20.6 Å². The summed E-state index contributed by atoms with van der Waals surface area (Å²) < 4.78 is 49.1. The topological polar surface area (TPSA) is 66.9 Å². The lowest BCUT2D eigenvalue weighted by Gasteiger charge is -2.12. The first-order valence-electron chi connectivity index (χ1n) is 6.57. The normalized spacial score (nSPS) is 13.0. The number of hydrogen-bond donors (Lipinski definition) is 2. The molecule has 0 fully saturated rings. The summed E-state index contributed by atoms with van der Waals surface area (Å²) in [5.74, 6) is -0.436. The Morgan fingerprint density at radius 1 is 1.19 bits per heavy atom. The number of alkyl halides is 3. The molecule has 1 unspecified atom stereocenters. The van der Waals surface area contributed by atoms with E-state index in [0.717, 1.165) is 6.42 Å². The van der Waals surface area contributed by atoms with Gasteiger partial charge in [0.1, 0.15) is 11.6 Å². The predicted octanol–water partition coefficient (Wildman–Crippen LogP) is 2.50. The Kier molecular flexibility index (Phi) is 6.86.